The number of fused-ring (bicyclic) bond motifs is 1. The van der Waals surface area contributed by atoms with Crippen molar-refractivity contribution in [2.45, 2.75) is 11.0 Å². The predicted molar refractivity (Wildman–Crippen MR) is 70.2 cm³/mol. The van der Waals surface area contributed by atoms with Gasteiger partial charge in [0, 0.05) is 5.39 Å². The van der Waals surface area contributed by atoms with Crippen LogP contribution in [0.4, 0.5) is 0 Å². The summed E-state index contributed by atoms with van der Waals surface area (Å²) in [4.78, 5) is 0.0255. The molecule has 0 aliphatic heterocycles. The average Bonchev–Trinajstić information content (AvgIpc) is 2.44. The Morgan fingerprint density at radius 1 is 1.00 bits per heavy atom. The minimum atomic E-state index is -4.03. The lowest BCUT2D eigenvalue weighted by Gasteiger charge is -2.13. The van der Waals surface area contributed by atoms with E-state index in [2.05, 4.69) is 0 Å². The van der Waals surface area contributed by atoms with Crippen LogP contribution in [0.2, 0.25) is 0 Å². The van der Waals surface area contributed by atoms with E-state index in [1.807, 2.05) is 6.07 Å². The Morgan fingerprint density at radius 2 is 1.63 bits per heavy atom. The summed E-state index contributed by atoms with van der Waals surface area (Å²) in [5, 5.41) is 19.1. The van der Waals surface area contributed by atoms with Crippen LogP contribution in [0.1, 0.15) is 0 Å². The summed E-state index contributed by atoms with van der Waals surface area (Å²) >= 11 is 0. The highest BCUT2D eigenvalue weighted by Gasteiger charge is 2.22. The van der Waals surface area contributed by atoms with Crippen LogP contribution in [0.15, 0.2) is 47.4 Å². The molecule has 0 aliphatic carbocycles. The van der Waals surface area contributed by atoms with Gasteiger partial charge < -0.3 is 10.2 Å². The van der Waals surface area contributed by atoms with Gasteiger partial charge in [-0.1, -0.05) is 36.4 Å². The molecule has 0 fully saturated rings. The van der Waals surface area contributed by atoms with Gasteiger partial charge in [-0.15, -0.1) is 0 Å². The molecule has 0 aromatic heterocycles. The summed E-state index contributed by atoms with van der Waals surface area (Å²) in [6.45, 7) is -1.14. The van der Waals surface area contributed by atoms with E-state index in [0.717, 1.165) is 5.39 Å². The predicted octanol–water partition coefficient (Wildman–Crippen LogP) is 0.898. The van der Waals surface area contributed by atoms with Gasteiger partial charge in [0.1, 0.15) is 11.0 Å². The molecule has 6 heteroatoms. The highest BCUT2D eigenvalue weighted by molar-refractivity contribution is 7.87. The molecule has 102 valence electrons. The van der Waals surface area contributed by atoms with Gasteiger partial charge in [0.25, 0.3) is 10.1 Å². The van der Waals surface area contributed by atoms with Gasteiger partial charge in [0.05, 0.1) is 13.2 Å². The van der Waals surface area contributed by atoms with Crippen LogP contribution < -0.4 is 0 Å². The molecule has 0 amide bonds. The Hall–Kier alpha value is -1.47. The summed E-state index contributed by atoms with van der Waals surface area (Å²) in [6.07, 6.45) is -1.15. The summed E-state index contributed by atoms with van der Waals surface area (Å²) in [5.74, 6) is 0. The maximum absolute atomic E-state index is 12.1. The van der Waals surface area contributed by atoms with E-state index in [0.29, 0.717) is 5.39 Å². The van der Waals surface area contributed by atoms with E-state index < -0.39 is 29.4 Å². The molecule has 0 unspecified atom stereocenters. The molecule has 5 nitrogen and oxygen atoms in total. The van der Waals surface area contributed by atoms with Crippen molar-refractivity contribution in [2.75, 3.05) is 13.2 Å². The highest BCUT2D eigenvalue weighted by atomic mass is 32.2. The number of benzene rings is 2. The Labute approximate surface area is 111 Å². The molecule has 0 spiro atoms. The van der Waals surface area contributed by atoms with Crippen molar-refractivity contribution in [1.82, 2.24) is 0 Å². The van der Waals surface area contributed by atoms with Crippen LogP contribution in [0, 0.1) is 0 Å². The molecule has 0 saturated carbocycles. The lowest BCUT2D eigenvalue weighted by molar-refractivity contribution is 0.0675. The van der Waals surface area contributed by atoms with Crippen molar-refractivity contribution >= 4 is 20.9 Å². The van der Waals surface area contributed by atoms with Gasteiger partial charge in [-0.3, -0.25) is 4.18 Å². The van der Waals surface area contributed by atoms with Gasteiger partial charge in [-0.25, -0.2) is 0 Å². The fourth-order valence-electron chi connectivity index (χ4n) is 1.76. The number of aliphatic hydroxyl groups is 2. The molecule has 0 aliphatic rings. The highest BCUT2D eigenvalue weighted by Crippen LogP contribution is 2.24. The summed E-state index contributed by atoms with van der Waals surface area (Å²) in [6, 6.07) is 11.9. The van der Waals surface area contributed by atoms with Crippen molar-refractivity contribution in [3.8, 4) is 0 Å². The van der Waals surface area contributed by atoms with Gasteiger partial charge in [-0.05, 0) is 11.5 Å². The van der Waals surface area contributed by atoms with Crippen molar-refractivity contribution in [3.05, 3.63) is 42.5 Å². The molecule has 0 bridgehead atoms. The summed E-state index contributed by atoms with van der Waals surface area (Å²) < 4.78 is 29.1. The number of aliphatic hydroxyl groups excluding tert-OH is 2. The molecule has 2 rings (SSSR count). The minimum absolute atomic E-state index is 0.0255. The molecule has 0 atom stereocenters. The van der Waals surface area contributed by atoms with Crippen molar-refractivity contribution in [3.63, 3.8) is 0 Å². The topological polar surface area (TPSA) is 83.8 Å². The number of hydrogen-bond donors (Lipinski definition) is 2. The molecular formula is C13H14O5S. The summed E-state index contributed by atoms with van der Waals surface area (Å²) in [7, 11) is -4.03. The zero-order valence-corrected chi connectivity index (χ0v) is 10.9. The smallest absolute Gasteiger partial charge is 0.298 e. The van der Waals surface area contributed by atoms with Crippen molar-refractivity contribution in [1.29, 1.82) is 0 Å². The zero-order chi connectivity index (χ0) is 13.9. The van der Waals surface area contributed by atoms with Gasteiger partial charge in [0.15, 0.2) is 0 Å². The van der Waals surface area contributed by atoms with E-state index in [9.17, 15) is 8.42 Å². The maximum Gasteiger partial charge on any atom is 0.298 e. The lowest BCUT2D eigenvalue weighted by atomic mass is 10.1. The maximum atomic E-state index is 12.1. The van der Waals surface area contributed by atoms with E-state index >= 15 is 0 Å². The number of rotatable bonds is 5. The second kappa shape index (κ2) is 5.66. The van der Waals surface area contributed by atoms with Gasteiger partial charge in [-0.2, -0.15) is 8.42 Å². The Balaban J connectivity index is 2.49. The fourth-order valence-corrected chi connectivity index (χ4v) is 3.05. The third-order valence-electron chi connectivity index (χ3n) is 2.69. The second-order valence-corrected chi connectivity index (χ2v) is 5.56. The van der Waals surface area contributed by atoms with Crippen LogP contribution in [0.3, 0.4) is 0 Å². The number of hydrogen-bond acceptors (Lipinski definition) is 5. The first-order chi connectivity index (χ1) is 9.08. The van der Waals surface area contributed by atoms with E-state index in [1.165, 1.54) is 6.07 Å². The first kappa shape index (κ1) is 14.0. The minimum Gasteiger partial charge on any atom is -0.394 e. The third kappa shape index (κ3) is 2.93. The Kier molecular flexibility index (Phi) is 4.16. The van der Waals surface area contributed by atoms with Crippen LogP contribution in [-0.4, -0.2) is 37.9 Å². The first-order valence-electron chi connectivity index (χ1n) is 5.71. The molecule has 19 heavy (non-hydrogen) atoms. The molecule has 2 aromatic rings. The SMILES string of the molecule is O=S(=O)(OC(CO)CO)c1cccc2ccccc12. The monoisotopic (exact) mass is 282 g/mol. The van der Waals surface area contributed by atoms with Crippen LogP contribution >= 0.6 is 0 Å². The first-order valence-corrected chi connectivity index (χ1v) is 7.12. The second-order valence-electron chi connectivity index (χ2n) is 4.01. The molecular weight excluding hydrogens is 268 g/mol. The lowest BCUT2D eigenvalue weighted by Crippen LogP contribution is -2.25. The van der Waals surface area contributed by atoms with Crippen molar-refractivity contribution in [2.24, 2.45) is 0 Å². The largest absolute Gasteiger partial charge is 0.394 e. The standard InChI is InChI=1S/C13H14O5S/c14-8-11(9-15)18-19(16,17)13-7-3-5-10-4-1-2-6-12(10)13/h1-7,11,14-15H,8-9H2. The molecule has 0 saturated heterocycles. The van der Waals surface area contributed by atoms with Crippen LogP contribution in [0.25, 0.3) is 10.8 Å². The zero-order valence-electron chi connectivity index (χ0n) is 10.1. The Morgan fingerprint density at radius 3 is 2.32 bits per heavy atom. The fraction of sp³-hybridized carbons (Fsp3) is 0.231. The molecule has 2 aromatic carbocycles. The quantitative estimate of drug-likeness (QED) is 0.796. The van der Waals surface area contributed by atoms with E-state index in [-0.39, 0.29) is 4.90 Å². The molecule has 2 N–H and O–H groups in total. The van der Waals surface area contributed by atoms with Gasteiger partial charge >= 0.3 is 0 Å². The van der Waals surface area contributed by atoms with Gasteiger partial charge in [0.2, 0.25) is 0 Å². The van der Waals surface area contributed by atoms with E-state index in [4.69, 9.17) is 14.4 Å². The van der Waals surface area contributed by atoms with Crippen LogP contribution in [0.5, 0.6) is 0 Å². The van der Waals surface area contributed by atoms with E-state index in [1.54, 1.807) is 30.3 Å². The third-order valence-corrected chi connectivity index (χ3v) is 4.11. The average molecular weight is 282 g/mol. The molecule has 0 radical (unpaired) electrons. The normalized spacial score (nSPS) is 12.2. The Bertz CT molecular complexity index is 656. The summed E-state index contributed by atoms with van der Waals surface area (Å²) in [5.41, 5.74) is 0. The van der Waals surface area contributed by atoms with Crippen molar-refractivity contribution < 1.29 is 22.8 Å². The molecule has 0 heterocycles. The van der Waals surface area contributed by atoms with Crippen LogP contribution in [-0.2, 0) is 14.3 Å².